The predicted octanol–water partition coefficient (Wildman–Crippen LogP) is -1.04. The molecule has 0 fully saturated rings. The molecule has 0 radical (unpaired) electrons. The van der Waals surface area contributed by atoms with Gasteiger partial charge in [0.25, 0.3) is 0 Å². The van der Waals surface area contributed by atoms with Crippen LogP contribution in [0.15, 0.2) is 17.5 Å². The third-order valence-electron chi connectivity index (χ3n) is 2.26. The fourth-order valence-electron chi connectivity index (χ4n) is 1.30. The fourth-order valence-corrected chi connectivity index (χ4v) is 1.94. The molecular weight excluding hydrogens is 286 g/mol. The number of hydrogen-bond acceptors (Lipinski definition) is 7. The molecule has 1 amide bonds. The van der Waals surface area contributed by atoms with E-state index in [1.807, 2.05) is 17.5 Å². The molecule has 2 aromatic rings. The van der Waals surface area contributed by atoms with E-state index >= 15 is 0 Å². The lowest BCUT2D eigenvalue weighted by molar-refractivity contribution is -0.146. The lowest BCUT2D eigenvalue weighted by Crippen LogP contribution is -2.38. The molecule has 2 aromatic heterocycles. The molecule has 20 heavy (non-hydrogen) atoms. The molecule has 0 spiro atoms. The minimum Gasteiger partial charge on any atom is -0.479 e. The van der Waals surface area contributed by atoms with Crippen LogP contribution in [-0.2, 0) is 16.1 Å². The number of tetrazole rings is 1. The SMILES string of the molecule is O=C(Cn1nnc(-c2cccs2)n1)NC[C@H](O)C(=O)O. The lowest BCUT2D eigenvalue weighted by atomic mass is 10.3. The number of rotatable bonds is 6. The van der Waals surface area contributed by atoms with Crippen LogP contribution in [0.2, 0.25) is 0 Å². The van der Waals surface area contributed by atoms with Gasteiger partial charge in [-0.05, 0) is 16.7 Å². The van der Waals surface area contributed by atoms with E-state index in [4.69, 9.17) is 10.2 Å². The molecule has 10 heteroatoms. The number of carboxylic acid groups (broad SMARTS) is 1. The van der Waals surface area contributed by atoms with Crippen LogP contribution in [-0.4, -0.2) is 54.9 Å². The highest BCUT2D eigenvalue weighted by atomic mass is 32.1. The average molecular weight is 297 g/mol. The zero-order chi connectivity index (χ0) is 14.5. The van der Waals surface area contributed by atoms with E-state index < -0.39 is 18.0 Å². The molecule has 1 atom stereocenters. The van der Waals surface area contributed by atoms with Crippen molar-refractivity contribution in [2.24, 2.45) is 0 Å². The Hall–Kier alpha value is -2.33. The van der Waals surface area contributed by atoms with E-state index in [0.717, 1.165) is 9.67 Å². The van der Waals surface area contributed by atoms with Gasteiger partial charge in [-0.15, -0.1) is 21.5 Å². The van der Waals surface area contributed by atoms with Crippen LogP contribution in [0.4, 0.5) is 0 Å². The van der Waals surface area contributed by atoms with Crippen molar-refractivity contribution in [2.75, 3.05) is 6.54 Å². The third-order valence-corrected chi connectivity index (χ3v) is 3.12. The molecule has 106 valence electrons. The standard InChI is InChI=1S/C10H11N5O4S/c16-6(10(18)19)4-11-8(17)5-15-13-9(12-14-15)7-2-1-3-20-7/h1-3,6,16H,4-5H2,(H,11,17)(H,18,19)/t6-/m0/s1. The largest absolute Gasteiger partial charge is 0.479 e. The highest BCUT2D eigenvalue weighted by molar-refractivity contribution is 7.13. The maximum atomic E-state index is 11.5. The second-order valence-corrected chi connectivity index (χ2v) is 4.73. The van der Waals surface area contributed by atoms with E-state index in [2.05, 4.69) is 20.7 Å². The van der Waals surface area contributed by atoms with Crippen molar-refractivity contribution in [1.82, 2.24) is 25.5 Å². The minimum atomic E-state index is -1.63. The first-order chi connectivity index (χ1) is 9.56. The van der Waals surface area contributed by atoms with Gasteiger partial charge in [0.1, 0.15) is 6.54 Å². The summed E-state index contributed by atoms with van der Waals surface area (Å²) in [4.78, 5) is 23.8. The van der Waals surface area contributed by atoms with Gasteiger partial charge >= 0.3 is 5.97 Å². The summed E-state index contributed by atoms with van der Waals surface area (Å²) in [5, 5.41) is 33.1. The third kappa shape index (κ3) is 3.59. The molecule has 0 aliphatic carbocycles. The number of amides is 1. The minimum absolute atomic E-state index is 0.204. The number of aliphatic hydroxyl groups excluding tert-OH is 1. The molecular formula is C10H11N5O4S. The Morgan fingerprint density at radius 3 is 2.95 bits per heavy atom. The van der Waals surface area contributed by atoms with E-state index in [1.54, 1.807) is 0 Å². The number of hydrogen-bond donors (Lipinski definition) is 3. The van der Waals surface area contributed by atoms with Crippen LogP contribution < -0.4 is 5.32 Å². The summed E-state index contributed by atoms with van der Waals surface area (Å²) in [5.41, 5.74) is 0. The topological polar surface area (TPSA) is 130 Å². The Labute approximate surface area is 116 Å². The van der Waals surface area contributed by atoms with Crippen LogP contribution in [0.3, 0.4) is 0 Å². The van der Waals surface area contributed by atoms with Crippen LogP contribution in [0.1, 0.15) is 0 Å². The second kappa shape index (κ2) is 6.21. The van der Waals surface area contributed by atoms with Crippen molar-refractivity contribution in [3.05, 3.63) is 17.5 Å². The van der Waals surface area contributed by atoms with Gasteiger partial charge in [-0.2, -0.15) is 4.80 Å². The number of carbonyl (C=O) groups is 2. The van der Waals surface area contributed by atoms with Crippen LogP contribution >= 0.6 is 11.3 Å². The van der Waals surface area contributed by atoms with Gasteiger partial charge in [0.05, 0.1) is 11.4 Å². The first-order valence-corrected chi connectivity index (χ1v) is 6.43. The molecule has 9 nitrogen and oxygen atoms in total. The molecule has 2 heterocycles. The van der Waals surface area contributed by atoms with E-state index in [1.165, 1.54) is 11.3 Å². The summed E-state index contributed by atoms with van der Waals surface area (Å²) in [6.07, 6.45) is -1.63. The van der Waals surface area contributed by atoms with Crippen molar-refractivity contribution in [3.8, 4) is 10.7 Å². The van der Waals surface area contributed by atoms with E-state index in [-0.39, 0.29) is 13.1 Å². The van der Waals surface area contributed by atoms with Gasteiger partial charge in [-0.3, -0.25) is 4.79 Å². The van der Waals surface area contributed by atoms with Crippen molar-refractivity contribution in [3.63, 3.8) is 0 Å². The Bertz CT molecular complexity index is 597. The number of aromatic nitrogens is 4. The molecule has 0 aliphatic heterocycles. The maximum Gasteiger partial charge on any atom is 0.334 e. The summed E-state index contributed by atoms with van der Waals surface area (Å²) in [6.45, 7) is -0.578. The first-order valence-electron chi connectivity index (χ1n) is 5.55. The van der Waals surface area contributed by atoms with Gasteiger partial charge < -0.3 is 15.5 Å². The van der Waals surface area contributed by atoms with Gasteiger partial charge in [-0.1, -0.05) is 6.07 Å². The molecule has 2 rings (SSSR count). The summed E-state index contributed by atoms with van der Waals surface area (Å²) in [5.74, 6) is -1.50. The smallest absolute Gasteiger partial charge is 0.334 e. The number of nitrogens with zero attached hydrogens (tertiary/aromatic N) is 4. The Kier molecular flexibility index (Phi) is 4.38. The molecule has 0 unspecified atom stereocenters. The summed E-state index contributed by atoms with van der Waals surface area (Å²) in [6, 6.07) is 3.68. The van der Waals surface area contributed by atoms with Gasteiger partial charge in [0, 0.05) is 0 Å². The van der Waals surface area contributed by atoms with Crippen LogP contribution in [0, 0.1) is 0 Å². The van der Waals surface area contributed by atoms with E-state index in [9.17, 15) is 9.59 Å². The number of aliphatic carboxylic acids is 1. The molecule has 0 aliphatic rings. The quantitative estimate of drug-likeness (QED) is 0.621. The molecule has 0 bridgehead atoms. The van der Waals surface area contributed by atoms with Crippen molar-refractivity contribution >= 4 is 23.2 Å². The first kappa shape index (κ1) is 14.1. The van der Waals surface area contributed by atoms with Crippen molar-refractivity contribution < 1.29 is 19.8 Å². The molecule has 0 saturated carbocycles. The number of carbonyl (C=O) groups excluding carboxylic acids is 1. The molecule has 0 saturated heterocycles. The molecule has 0 aromatic carbocycles. The lowest BCUT2D eigenvalue weighted by Gasteiger charge is -2.06. The monoisotopic (exact) mass is 297 g/mol. The average Bonchev–Trinajstić information content (AvgIpc) is 3.05. The Balaban J connectivity index is 1.87. The van der Waals surface area contributed by atoms with Crippen LogP contribution in [0.5, 0.6) is 0 Å². The van der Waals surface area contributed by atoms with Crippen molar-refractivity contribution in [2.45, 2.75) is 12.6 Å². The summed E-state index contributed by atoms with van der Waals surface area (Å²) < 4.78 is 0. The normalized spacial score (nSPS) is 12.1. The van der Waals surface area contributed by atoms with Gasteiger partial charge in [0.2, 0.25) is 11.7 Å². The number of aliphatic hydroxyl groups is 1. The van der Waals surface area contributed by atoms with E-state index in [0.29, 0.717) is 5.82 Å². The Morgan fingerprint density at radius 1 is 1.50 bits per heavy atom. The zero-order valence-electron chi connectivity index (χ0n) is 10.1. The number of nitrogens with one attached hydrogen (secondary N) is 1. The zero-order valence-corrected chi connectivity index (χ0v) is 10.9. The Morgan fingerprint density at radius 2 is 2.30 bits per heavy atom. The van der Waals surface area contributed by atoms with Crippen LogP contribution in [0.25, 0.3) is 10.7 Å². The highest BCUT2D eigenvalue weighted by Gasteiger charge is 2.15. The molecule has 3 N–H and O–H groups in total. The number of thiophene rings is 1. The summed E-state index contributed by atoms with van der Waals surface area (Å²) >= 11 is 1.45. The van der Waals surface area contributed by atoms with Crippen molar-refractivity contribution in [1.29, 1.82) is 0 Å². The second-order valence-electron chi connectivity index (χ2n) is 3.78. The predicted molar refractivity (Wildman–Crippen MR) is 67.8 cm³/mol. The maximum absolute atomic E-state index is 11.5. The van der Waals surface area contributed by atoms with Gasteiger partial charge in [-0.25, -0.2) is 4.79 Å². The number of carboxylic acids is 1. The fraction of sp³-hybridized carbons (Fsp3) is 0.300. The summed E-state index contributed by atoms with van der Waals surface area (Å²) in [7, 11) is 0. The van der Waals surface area contributed by atoms with Gasteiger partial charge in [0.15, 0.2) is 6.10 Å². The highest BCUT2D eigenvalue weighted by Crippen LogP contribution is 2.19.